The molecule has 3 aromatic rings. The number of aromatic nitrogens is 2. The van der Waals surface area contributed by atoms with Crippen molar-refractivity contribution in [3.8, 4) is 22.8 Å². The van der Waals surface area contributed by atoms with E-state index in [2.05, 4.69) is 33.8 Å². The van der Waals surface area contributed by atoms with Crippen molar-refractivity contribution in [2.45, 2.75) is 13.8 Å². The molecule has 0 atom stereocenters. The Hall–Kier alpha value is -4.18. The summed E-state index contributed by atoms with van der Waals surface area (Å²) in [6, 6.07) is 18.6. The Morgan fingerprint density at radius 3 is 2.20 bits per heavy atom. The van der Waals surface area contributed by atoms with Crippen LogP contribution in [0.5, 0.6) is 11.5 Å². The van der Waals surface area contributed by atoms with Crippen LogP contribution < -0.4 is 14.4 Å². The van der Waals surface area contributed by atoms with Crippen LogP contribution in [-0.2, 0) is 4.79 Å². The van der Waals surface area contributed by atoms with Gasteiger partial charge in [0.1, 0.15) is 18.0 Å². The first-order valence-electron chi connectivity index (χ1n) is 14.1. The molecule has 1 saturated heterocycles. The quantitative estimate of drug-likeness (QED) is 0.333. The fourth-order valence-corrected chi connectivity index (χ4v) is 4.91. The van der Waals surface area contributed by atoms with E-state index in [-0.39, 0.29) is 18.4 Å². The molecule has 0 radical (unpaired) electrons. The minimum atomic E-state index is -0.117. The maximum absolute atomic E-state index is 13.3. The molecule has 1 aliphatic heterocycles. The fourth-order valence-electron chi connectivity index (χ4n) is 4.91. The van der Waals surface area contributed by atoms with Crippen molar-refractivity contribution in [1.82, 2.24) is 24.9 Å². The number of likely N-dealkylation sites (N-methyl/N-ethyl adjacent to an activating group) is 1. The third-order valence-corrected chi connectivity index (χ3v) is 7.51. The summed E-state index contributed by atoms with van der Waals surface area (Å²) in [6.45, 7) is 9.68. The number of anilines is 1. The van der Waals surface area contributed by atoms with E-state index in [0.29, 0.717) is 55.5 Å². The molecule has 0 N–H and O–H groups in total. The fraction of sp³-hybridized carbons (Fsp3) is 0.419. The van der Waals surface area contributed by atoms with E-state index >= 15 is 0 Å². The van der Waals surface area contributed by atoms with E-state index in [1.54, 1.807) is 31.3 Å². The van der Waals surface area contributed by atoms with Gasteiger partial charge < -0.3 is 29.1 Å². The smallest absolute Gasteiger partial charge is 0.254 e. The Kier molecular flexibility index (Phi) is 10.5. The van der Waals surface area contributed by atoms with E-state index in [1.165, 1.54) is 0 Å². The van der Waals surface area contributed by atoms with Gasteiger partial charge in [-0.25, -0.2) is 0 Å². The number of methoxy groups -OCH3 is 2. The zero-order valence-corrected chi connectivity index (χ0v) is 24.5. The minimum Gasteiger partial charge on any atom is -0.497 e. The lowest BCUT2D eigenvalue weighted by Crippen LogP contribution is -2.52. The van der Waals surface area contributed by atoms with Crippen molar-refractivity contribution >= 4 is 17.6 Å². The molecular formula is C31H40N6O4. The van der Waals surface area contributed by atoms with Crippen LogP contribution in [0.2, 0.25) is 0 Å². The molecule has 2 aromatic carbocycles. The Morgan fingerprint density at radius 1 is 0.854 bits per heavy atom. The van der Waals surface area contributed by atoms with Gasteiger partial charge in [-0.1, -0.05) is 32.0 Å². The van der Waals surface area contributed by atoms with Gasteiger partial charge in [-0.15, -0.1) is 10.2 Å². The Morgan fingerprint density at radius 2 is 1.59 bits per heavy atom. The average molecular weight is 561 g/mol. The third-order valence-electron chi connectivity index (χ3n) is 7.51. The summed E-state index contributed by atoms with van der Waals surface area (Å²) >= 11 is 0. The first kappa shape index (κ1) is 29.8. The molecule has 0 bridgehead atoms. The molecule has 2 amide bonds. The van der Waals surface area contributed by atoms with Crippen molar-refractivity contribution in [3.63, 3.8) is 0 Å². The lowest BCUT2D eigenvalue weighted by atomic mass is 10.1. The van der Waals surface area contributed by atoms with Gasteiger partial charge in [-0.2, -0.15) is 0 Å². The second-order valence-corrected chi connectivity index (χ2v) is 9.83. The summed E-state index contributed by atoms with van der Waals surface area (Å²) in [5, 5.41) is 8.89. The molecule has 0 saturated carbocycles. The zero-order valence-electron chi connectivity index (χ0n) is 24.5. The number of piperazine rings is 1. The van der Waals surface area contributed by atoms with Gasteiger partial charge in [0.25, 0.3) is 5.91 Å². The maximum Gasteiger partial charge on any atom is 0.254 e. The van der Waals surface area contributed by atoms with Crippen LogP contribution in [-0.4, -0.2) is 110 Å². The third kappa shape index (κ3) is 7.52. The molecule has 41 heavy (non-hydrogen) atoms. The Balaban J connectivity index is 1.37. The van der Waals surface area contributed by atoms with Gasteiger partial charge in [0.05, 0.1) is 19.9 Å². The molecule has 4 rings (SSSR count). The Bertz CT molecular complexity index is 1280. The van der Waals surface area contributed by atoms with Crippen molar-refractivity contribution in [2.75, 3.05) is 78.0 Å². The largest absolute Gasteiger partial charge is 0.497 e. The number of carbonyl (C=O) groups is 2. The van der Waals surface area contributed by atoms with Crippen molar-refractivity contribution in [1.29, 1.82) is 0 Å². The SMILES string of the molecule is CCN(CC)CCN(CC(=O)N1CCN(c2ccc(-c3ccc(OC)cc3OC)nn2)CC1)C(=O)c1ccccc1. The predicted octanol–water partition coefficient (Wildman–Crippen LogP) is 3.29. The summed E-state index contributed by atoms with van der Waals surface area (Å²) in [6.07, 6.45) is 0. The lowest BCUT2D eigenvalue weighted by Gasteiger charge is -2.36. The van der Waals surface area contributed by atoms with Gasteiger partial charge in [-0.05, 0) is 49.5 Å². The molecule has 10 nitrogen and oxygen atoms in total. The van der Waals surface area contributed by atoms with E-state index in [4.69, 9.17) is 9.47 Å². The Labute approximate surface area is 242 Å². The monoisotopic (exact) mass is 560 g/mol. The van der Waals surface area contributed by atoms with Crippen LogP contribution in [0.15, 0.2) is 60.7 Å². The van der Waals surface area contributed by atoms with Crippen LogP contribution >= 0.6 is 0 Å². The van der Waals surface area contributed by atoms with Gasteiger partial charge in [0.2, 0.25) is 5.91 Å². The van der Waals surface area contributed by atoms with E-state index < -0.39 is 0 Å². The van der Waals surface area contributed by atoms with E-state index in [9.17, 15) is 9.59 Å². The number of nitrogens with zero attached hydrogens (tertiary/aromatic N) is 6. The first-order valence-corrected chi connectivity index (χ1v) is 14.1. The van der Waals surface area contributed by atoms with Gasteiger partial charge in [0.15, 0.2) is 5.82 Å². The van der Waals surface area contributed by atoms with Crippen LogP contribution in [0.4, 0.5) is 5.82 Å². The summed E-state index contributed by atoms with van der Waals surface area (Å²) in [5.41, 5.74) is 2.13. The second-order valence-electron chi connectivity index (χ2n) is 9.83. The van der Waals surface area contributed by atoms with E-state index in [0.717, 1.165) is 31.0 Å². The highest BCUT2D eigenvalue weighted by Crippen LogP contribution is 2.32. The molecule has 1 fully saturated rings. The van der Waals surface area contributed by atoms with Crippen LogP contribution in [0.3, 0.4) is 0 Å². The van der Waals surface area contributed by atoms with Crippen LogP contribution in [0.1, 0.15) is 24.2 Å². The average Bonchev–Trinajstić information content (AvgIpc) is 3.04. The molecule has 1 aromatic heterocycles. The topological polar surface area (TPSA) is 91.3 Å². The highest BCUT2D eigenvalue weighted by molar-refractivity contribution is 5.96. The zero-order chi connectivity index (χ0) is 29.2. The minimum absolute atomic E-state index is 0.0403. The molecule has 0 unspecified atom stereocenters. The van der Waals surface area contributed by atoms with Crippen LogP contribution in [0, 0.1) is 0 Å². The molecule has 2 heterocycles. The molecule has 1 aliphatic rings. The molecule has 0 spiro atoms. The first-order chi connectivity index (χ1) is 20.0. The summed E-state index contributed by atoms with van der Waals surface area (Å²) in [7, 11) is 3.23. The molecular weight excluding hydrogens is 520 g/mol. The standard InChI is InChI=1S/C31H40N6O4/c1-5-34(6-2)16-17-37(31(39)24-10-8-7-9-11-24)23-30(38)36-20-18-35(19-21-36)29-15-14-27(32-33-29)26-13-12-25(40-3)22-28(26)41-4/h7-15,22H,5-6,16-21,23H2,1-4H3. The maximum atomic E-state index is 13.3. The number of hydrogen-bond acceptors (Lipinski definition) is 8. The summed E-state index contributed by atoms with van der Waals surface area (Å²) < 4.78 is 10.8. The molecule has 0 aliphatic carbocycles. The molecule has 218 valence electrons. The van der Waals surface area contributed by atoms with E-state index in [1.807, 2.05) is 53.4 Å². The second kappa shape index (κ2) is 14.5. The number of benzene rings is 2. The van der Waals surface area contributed by atoms with Gasteiger partial charge >= 0.3 is 0 Å². The number of amides is 2. The highest BCUT2D eigenvalue weighted by atomic mass is 16.5. The predicted molar refractivity (Wildman–Crippen MR) is 159 cm³/mol. The lowest BCUT2D eigenvalue weighted by molar-refractivity contribution is -0.132. The normalized spacial score (nSPS) is 13.3. The van der Waals surface area contributed by atoms with Crippen molar-refractivity contribution < 1.29 is 19.1 Å². The summed E-state index contributed by atoms with van der Waals surface area (Å²) in [4.78, 5) is 34.5. The number of carbonyl (C=O) groups excluding carboxylic acids is 2. The van der Waals surface area contributed by atoms with Crippen molar-refractivity contribution in [3.05, 3.63) is 66.2 Å². The number of ether oxygens (including phenoxy) is 2. The van der Waals surface area contributed by atoms with Crippen molar-refractivity contribution in [2.24, 2.45) is 0 Å². The van der Waals surface area contributed by atoms with Gasteiger partial charge in [-0.3, -0.25) is 9.59 Å². The highest BCUT2D eigenvalue weighted by Gasteiger charge is 2.26. The summed E-state index contributed by atoms with van der Waals surface area (Å²) in [5.74, 6) is 1.97. The number of rotatable bonds is 12. The van der Waals surface area contributed by atoms with Crippen LogP contribution in [0.25, 0.3) is 11.3 Å². The molecule has 10 heteroatoms. The number of hydrogen-bond donors (Lipinski definition) is 0. The van der Waals surface area contributed by atoms with Gasteiger partial charge in [0, 0.05) is 56.5 Å².